The van der Waals surface area contributed by atoms with E-state index in [0.29, 0.717) is 0 Å². The number of rotatable bonds is 6. The van der Waals surface area contributed by atoms with E-state index in [1.54, 1.807) is 26.8 Å². The van der Waals surface area contributed by atoms with Crippen molar-refractivity contribution in [2.24, 2.45) is 0 Å². The largest absolute Gasteiger partial charge is 0.467 e. The van der Waals surface area contributed by atoms with Crippen LogP contribution >= 0.6 is 0 Å². The van der Waals surface area contributed by atoms with E-state index in [1.165, 1.54) is 7.11 Å². The number of methoxy groups -OCH3 is 1. The van der Waals surface area contributed by atoms with Gasteiger partial charge in [0.25, 0.3) is 0 Å². The molecule has 0 aromatic carbocycles. The lowest BCUT2D eigenvalue weighted by atomic mass is 10.2. The molecule has 1 atom stereocenters. The van der Waals surface area contributed by atoms with Crippen LogP contribution in [0.4, 0.5) is 4.79 Å². The van der Waals surface area contributed by atoms with Crippen LogP contribution in [0.2, 0.25) is 0 Å². The molecule has 104 valence electrons. The van der Waals surface area contributed by atoms with Crippen LogP contribution in [-0.4, -0.2) is 44.0 Å². The minimum absolute atomic E-state index is 0.00205. The van der Waals surface area contributed by atoms with Crippen molar-refractivity contribution in [1.29, 1.82) is 0 Å². The quantitative estimate of drug-likeness (QED) is 0.441. The summed E-state index contributed by atoms with van der Waals surface area (Å²) in [5, 5.41) is 2.39. The van der Waals surface area contributed by atoms with Crippen LogP contribution in [0.15, 0.2) is 12.7 Å². The summed E-state index contributed by atoms with van der Waals surface area (Å²) in [4.78, 5) is 22.9. The predicted octanol–water partition coefficient (Wildman–Crippen LogP) is 1.26. The monoisotopic (exact) mass is 259 g/mol. The highest BCUT2D eigenvalue weighted by Crippen LogP contribution is 2.07. The van der Waals surface area contributed by atoms with E-state index in [9.17, 15) is 9.59 Å². The van der Waals surface area contributed by atoms with Gasteiger partial charge in [-0.3, -0.25) is 0 Å². The molecule has 1 amide bonds. The fourth-order valence-corrected chi connectivity index (χ4v) is 1.03. The van der Waals surface area contributed by atoms with Gasteiger partial charge in [0.05, 0.1) is 20.3 Å². The molecule has 0 saturated heterocycles. The van der Waals surface area contributed by atoms with Crippen molar-refractivity contribution < 1.29 is 23.8 Å². The van der Waals surface area contributed by atoms with Gasteiger partial charge in [-0.05, 0) is 20.8 Å². The average Bonchev–Trinajstić information content (AvgIpc) is 2.24. The van der Waals surface area contributed by atoms with Crippen molar-refractivity contribution in [1.82, 2.24) is 5.32 Å². The Kier molecular flexibility index (Phi) is 7.04. The molecule has 0 heterocycles. The molecular weight excluding hydrogens is 238 g/mol. The molecule has 0 aliphatic rings. The van der Waals surface area contributed by atoms with Gasteiger partial charge in [0, 0.05) is 0 Å². The first kappa shape index (κ1) is 16.4. The number of esters is 1. The minimum atomic E-state index is -0.898. The Labute approximate surface area is 107 Å². The van der Waals surface area contributed by atoms with Crippen molar-refractivity contribution in [2.45, 2.75) is 32.4 Å². The molecule has 1 unspecified atom stereocenters. The van der Waals surface area contributed by atoms with Crippen LogP contribution in [-0.2, 0) is 19.0 Å². The minimum Gasteiger partial charge on any atom is -0.467 e. The number of carbonyl (C=O) groups excluding carboxylic acids is 2. The van der Waals surface area contributed by atoms with E-state index in [0.717, 1.165) is 0 Å². The van der Waals surface area contributed by atoms with Gasteiger partial charge in [-0.2, -0.15) is 0 Å². The number of carbonyl (C=O) groups is 2. The van der Waals surface area contributed by atoms with Gasteiger partial charge in [-0.15, -0.1) is 6.58 Å². The first-order chi connectivity index (χ1) is 8.30. The Morgan fingerprint density at radius 1 is 1.39 bits per heavy atom. The second-order valence-corrected chi connectivity index (χ2v) is 4.55. The van der Waals surface area contributed by atoms with E-state index in [-0.39, 0.29) is 13.2 Å². The van der Waals surface area contributed by atoms with Crippen LogP contribution in [0.1, 0.15) is 20.8 Å². The van der Waals surface area contributed by atoms with Crippen LogP contribution < -0.4 is 5.32 Å². The fraction of sp³-hybridized carbons (Fsp3) is 0.667. The average molecular weight is 259 g/mol. The fourth-order valence-electron chi connectivity index (χ4n) is 1.03. The number of alkyl carbamates (subject to hydrolysis) is 1. The zero-order chi connectivity index (χ0) is 14.2. The van der Waals surface area contributed by atoms with Gasteiger partial charge < -0.3 is 19.5 Å². The lowest BCUT2D eigenvalue weighted by molar-refractivity contribution is -0.144. The first-order valence-corrected chi connectivity index (χ1v) is 5.56. The summed E-state index contributed by atoms with van der Waals surface area (Å²) in [7, 11) is 1.24. The first-order valence-electron chi connectivity index (χ1n) is 5.56. The van der Waals surface area contributed by atoms with Gasteiger partial charge in [0.1, 0.15) is 5.60 Å². The van der Waals surface area contributed by atoms with E-state index in [4.69, 9.17) is 9.47 Å². The molecule has 6 nitrogen and oxygen atoms in total. The summed E-state index contributed by atoms with van der Waals surface area (Å²) in [6, 6.07) is -0.898. The molecule has 6 heteroatoms. The highest BCUT2D eigenvalue weighted by atomic mass is 16.6. The normalized spacial score (nSPS) is 12.4. The second kappa shape index (κ2) is 7.71. The molecule has 1 N–H and O–H groups in total. The number of ether oxygens (including phenoxy) is 3. The Bertz CT molecular complexity index is 295. The lowest BCUT2D eigenvalue weighted by Gasteiger charge is -2.22. The van der Waals surface area contributed by atoms with Crippen LogP contribution in [0.5, 0.6) is 0 Å². The molecule has 0 aliphatic carbocycles. The molecule has 0 aromatic rings. The molecule has 0 spiro atoms. The molecule has 18 heavy (non-hydrogen) atoms. The van der Waals surface area contributed by atoms with Crippen molar-refractivity contribution in [3.05, 3.63) is 12.7 Å². The standard InChI is InChI=1S/C12H21NO5/c1-6-7-17-8-9(10(14)16-5)13-11(15)18-12(2,3)4/h6,9H,1,7-8H2,2-5H3,(H,13,15). The summed E-state index contributed by atoms with van der Waals surface area (Å²) >= 11 is 0. The van der Waals surface area contributed by atoms with Gasteiger partial charge in [0.2, 0.25) is 0 Å². The summed E-state index contributed by atoms with van der Waals surface area (Å²) in [6.07, 6.45) is 0.849. The van der Waals surface area contributed by atoms with Crippen molar-refractivity contribution in [2.75, 3.05) is 20.3 Å². The van der Waals surface area contributed by atoms with Crippen LogP contribution in [0.25, 0.3) is 0 Å². The molecule has 0 rings (SSSR count). The SMILES string of the molecule is C=CCOCC(NC(=O)OC(C)(C)C)C(=O)OC. The summed E-state index contributed by atoms with van der Waals surface area (Å²) in [5.74, 6) is -0.593. The molecule has 0 aliphatic heterocycles. The Morgan fingerprint density at radius 3 is 2.44 bits per heavy atom. The zero-order valence-electron chi connectivity index (χ0n) is 11.3. The summed E-state index contributed by atoms with van der Waals surface area (Å²) < 4.78 is 14.7. The molecule has 0 aromatic heterocycles. The van der Waals surface area contributed by atoms with Gasteiger partial charge in [0.15, 0.2) is 6.04 Å². The van der Waals surface area contributed by atoms with Crippen molar-refractivity contribution in [3.8, 4) is 0 Å². The maximum Gasteiger partial charge on any atom is 0.408 e. The molecule has 0 bridgehead atoms. The number of amides is 1. The second-order valence-electron chi connectivity index (χ2n) is 4.55. The Balaban J connectivity index is 4.35. The zero-order valence-corrected chi connectivity index (χ0v) is 11.3. The lowest BCUT2D eigenvalue weighted by Crippen LogP contribution is -2.46. The number of hydrogen-bond acceptors (Lipinski definition) is 5. The van der Waals surface area contributed by atoms with E-state index >= 15 is 0 Å². The highest BCUT2D eigenvalue weighted by molar-refractivity contribution is 5.81. The van der Waals surface area contributed by atoms with Gasteiger partial charge in [-0.25, -0.2) is 9.59 Å². The Morgan fingerprint density at radius 2 is 2.00 bits per heavy atom. The smallest absolute Gasteiger partial charge is 0.408 e. The number of nitrogens with one attached hydrogen (secondary N) is 1. The van der Waals surface area contributed by atoms with Crippen LogP contribution in [0.3, 0.4) is 0 Å². The van der Waals surface area contributed by atoms with Gasteiger partial charge >= 0.3 is 12.1 Å². The number of hydrogen-bond donors (Lipinski definition) is 1. The molecule has 0 fully saturated rings. The van der Waals surface area contributed by atoms with Gasteiger partial charge in [-0.1, -0.05) is 6.08 Å². The summed E-state index contributed by atoms with van der Waals surface area (Å²) in [6.45, 7) is 8.95. The molecular formula is C12H21NO5. The maximum atomic E-state index is 11.5. The highest BCUT2D eigenvalue weighted by Gasteiger charge is 2.24. The maximum absolute atomic E-state index is 11.5. The molecule has 0 radical (unpaired) electrons. The van der Waals surface area contributed by atoms with E-state index in [1.807, 2.05) is 0 Å². The Hall–Kier alpha value is -1.56. The molecule has 0 saturated carbocycles. The summed E-state index contributed by atoms with van der Waals surface area (Å²) in [5.41, 5.74) is -0.632. The van der Waals surface area contributed by atoms with E-state index in [2.05, 4.69) is 16.6 Å². The topological polar surface area (TPSA) is 73.9 Å². The van der Waals surface area contributed by atoms with Crippen LogP contribution in [0, 0.1) is 0 Å². The predicted molar refractivity (Wildman–Crippen MR) is 66.2 cm³/mol. The third-order valence-corrected chi connectivity index (χ3v) is 1.70. The third-order valence-electron chi connectivity index (χ3n) is 1.70. The van der Waals surface area contributed by atoms with Crippen molar-refractivity contribution >= 4 is 12.1 Å². The van der Waals surface area contributed by atoms with E-state index < -0.39 is 23.7 Å². The third kappa shape index (κ3) is 7.67. The van der Waals surface area contributed by atoms with Crippen molar-refractivity contribution in [3.63, 3.8) is 0 Å².